The third-order valence-electron chi connectivity index (χ3n) is 2.88. The van der Waals surface area contributed by atoms with Crippen LogP contribution in [0.25, 0.3) is 0 Å². The summed E-state index contributed by atoms with van der Waals surface area (Å²) in [6, 6.07) is 6.53. The molecule has 2 nitrogen and oxygen atoms in total. The summed E-state index contributed by atoms with van der Waals surface area (Å²) in [5.74, 6) is 0.133. The highest BCUT2D eigenvalue weighted by Gasteiger charge is 2.27. The fourth-order valence-electron chi connectivity index (χ4n) is 2.04. The largest absolute Gasteiger partial charge is 0.376 e. The van der Waals surface area contributed by atoms with Gasteiger partial charge in [-0.05, 0) is 30.7 Å². The Morgan fingerprint density at radius 3 is 3.20 bits per heavy atom. The van der Waals surface area contributed by atoms with Gasteiger partial charge >= 0.3 is 0 Å². The molecule has 80 valence electrons. The topological polar surface area (TPSA) is 33.0 Å². The van der Waals surface area contributed by atoms with Crippen LogP contribution in [0.2, 0.25) is 0 Å². The van der Waals surface area contributed by atoms with Crippen LogP contribution in [0.15, 0.2) is 17.5 Å². The molecule has 15 heavy (non-hydrogen) atoms. The molecule has 2 atom stereocenters. The highest BCUT2D eigenvalue weighted by atomic mass is 32.1. The molecule has 0 spiro atoms. The third-order valence-corrected chi connectivity index (χ3v) is 3.82. The molecule has 0 saturated heterocycles. The van der Waals surface area contributed by atoms with E-state index in [1.807, 2.05) is 0 Å². The van der Waals surface area contributed by atoms with E-state index in [1.165, 1.54) is 4.88 Å². The van der Waals surface area contributed by atoms with Crippen LogP contribution < -0.4 is 0 Å². The van der Waals surface area contributed by atoms with Crippen molar-refractivity contribution in [2.75, 3.05) is 6.61 Å². The maximum absolute atomic E-state index is 8.89. The second-order valence-corrected chi connectivity index (χ2v) is 4.94. The highest BCUT2D eigenvalue weighted by molar-refractivity contribution is 7.09. The second-order valence-electron chi connectivity index (χ2n) is 3.91. The summed E-state index contributed by atoms with van der Waals surface area (Å²) in [7, 11) is 0. The molecule has 1 aromatic heterocycles. The van der Waals surface area contributed by atoms with Crippen molar-refractivity contribution in [3.8, 4) is 6.07 Å². The number of thiophene rings is 1. The number of nitrogens with zero attached hydrogens (tertiary/aromatic N) is 1. The molecule has 1 saturated carbocycles. The molecule has 2 rings (SSSR count). The molecule has 1 fully saturated rings. The lowest BCUT2D eigenvalue weighted by Crippen LogP contribution is -2.18. The predicted molar refractivity (Wildman–Crippen MR) is 60.7 cm³/mol. The van der Waals surface area contributed by atoms with Crippen LogP contribution in [-0.4, -0.2) is 12.7 Å². The number of hydrogen-bond acceptors (Lipinski definition) is 3. The lowest BCUT2D eigenvalue weighted by atomic mass is 10.1. The van der Waals surface area contributed by atoms with Gasteiger partial charge in [-0.3, -0.25) is 0 Å². The molecule has 1 aliphatic rings. The van der Waals surface area contributed by atoms with Crippen molar-refractivity contribution in [3.63, 3.8) is 0 Å². The molecule has 0 N–H and O–H groups in total. The molecule has 1 aliphatic carbocycles. The van der Waals surface area contributed by atoms with Crippen LogP contribution >= 0.6 is 11.3 Å². The van der Waals surface area contributed by atoms with Gasteiger partial charge < -0.3 is 4.74 Å². The zero-order valence-corrected chi connectivity index (χ0v) is 9.50. The molecular weight excluding hydrogens is 206 g/mol. The summed E-state index contributed by atoms with van der Waals surface area (Å²) in [6.07, 6.45) is 4.38. The first-order valence-corrected chi connectivity index (χ1v) is 6.31. The van der Waals surface area contributed by atoms with Crippen molar-refractivity contribution in [2.24, 2.45) is 5.92 Å². The maximum atomic E-state index is 8.89. The zero-order valence-electron chi connectivity index (χ0n) is 8.69. The Balaban J connectivity index is 1.72. The summed E-state index contributed by atoms with van der Waals surface area (Å²) in [5.41, 5.74) is 0. The molecule has 2 unspecified atom stereocenters. The maximum Gasteiger partial charge on any atom is 0.0733 e. The van der Waals surface area contributed by atoms with Crippen molar-refractivity contribution >= 4 is 11.3 Å². The summed E-state index contributed by atoms with van der Waals surface area (Å²) < 4.78 is 5.76. The van der Waals surface area contributed by atoms with E-state index in [0.29, 0.717) is 0 Å². The molecule has 1 aromatic rings. The van der Waals surface area contributed by atoms with Gasteiger partial charge in [0.2, 0.25) is 0 Å². The molecule has 0 amide bonds. The normalized spacial score (nSPS) is 25.3. The Hall–Kier alpha value is -0.850. The standard InChI is InChI=1S/C12H15NOS/c13-9-10-3-1-5-12(10)14-7-6-11-4-2-8-15-11/h2,4,8,10,12H,1,3,5-7H2. The first-order valence-electron chi connectivity index (χ1n) is 5.44. The molecule has 1 heterocycles. The number of rotatable bonds is 4. The van der Waals surface area contributed by atoms with Crippen LogP contribution in [-0.2, 0) is 11.2 Å². The van der Waals surface area contributed by atoms with E-state index in [4.69, 9.17) is 10.00 Å². The van der Waals surface area contributed by atoms with Gasteiger partial charge in [-0.25, -0.2) is 0 Å². The molecule has 3 heteroatoms. The Bertz CT molecular complexity index is 328. The molecular formula is C12H15NOS. The van der Waals surface area contributed by atoms with Gasteiger partial charge in [0.1, 0.15) is 0 Å². The highest BCUT2D eigenvalue weighted by Crippen LogP contribution is 2.27. The minimum absolute atomic E-state index is 0.133. The monoisotopic (exact) mass is 221 g/mol. The fourth-order valence-corrected chi connectivity index (χ4v) is 2.73. The van der Waals surface area contributed by atoms with Crippen LogP contribution in [0.4, 0.5) is 0 Å². The minimum atomic E-state index is 0.133. The Labute approximate surface area is 94.5 Å². The van der Waals surface area contributed by atoms with Crippen molar-refractivity contribution in [3.05, 3.63) is 22.4 Å². The quantitative estimate of drug-likeness (QED) is 0.783. The SMILES string of the molecule is N#CC1CCCC1OCCc1cccs1. The molecule has 0 bridgehead atoms. The summed E-state index contributed by atoms with van der Waals surface area (Å²) in [6.45, 7) is 0.753. The minimum Gasteiger partial charge on any atom is -0.376 e. The molecule has 0 radical (unpaired) electrons. The van der Waals surface area contributed by atoms with Gasteiger partial charge in [0.15, 0.2) is 0 Å². The Morgan fingerprint density at radius 1 is 1.53 bits per heavy atom. The first-order chi connectivity index (χ1) is 7.40. The van der Waals surface area contributed by atoms with Crippen molar-refractivity contribution in [2.45, 2.75) is 31.8 Å². The van der Waals surface area contributed by atoms with Crippen LogP contribution in [0.5, 0.6) is 0 Å². The molecule has 0 aliphatic heterocycles. The van der Waals surface area contributed by atoms with Crippen LogP contribution in [0.3, 0.4) is 0 Å². The Kier molecular flexibility index (Phi) is 3.76. The fraction of sp³-hybridized carbons (Fsp3) is 0.583. The van der Waals surface area contributed by atoms with Crippen molar-refractivity contribution < 1.29 is 4.74 Å². The van der Waals surface area contributed by atoms with Gasteiger partial charge in [-0.1, -0.05) is 6.07 Å². The molecule has 0 aromatic carbocycles. The van der Waals surface area contributed by atoms with E-state index in [9.17, 15) is 0 Å². The van der Waals surface area contributed by atoms with Gasteiger partial charge in [0.25, 0.3) is 0 Å². The zero-order chi connectivity index (χ0) is 10.5. The Morgan fingerprint density at radius 2 is 2.47 bits per heavy atom. The van der Waals surface area contributed by atoms with Crippen molar-refractivity contribution in [1.29, 1.82) is 5.26 Å². The third kappa shape index (κ3) is 2.80. The number of hydrogen-bond donors (Lipinski definition) is 0. The smallest absolute Gasteiger partial charge is 0.0733 e. The summed E-state index contributed by atoms with van der Waals surface area (Å²) in [4.78, 5) is 1.36. The van der Waals surface area contributed by atoms with E-state index in [-0.39, 0.29) is 12.0 Å². The average molecular weight is 221 g/mol. The van der Waals surface area contributed by atoms with Gasteiger partial charge in [-0.15, -0.1) is 11.3 Å². The van der Waals surface area contributed by atoms with E-state index >= 15 is 0 Å². The predicted octanol–water partition coefficient (Wildman–Crippen LogP) is 3.00. The summed E-state index contributed by atoms with van der Waals surface area (Å²) in [5, 5.41) is 11.0. The second kappa shape index (κ2) is 5.29. The number of nitriles is 1. The van der Waals surface area contributed by atoms with E-state index in [1.54, 1.807) is 11.3 Å². The van der Waals surface area contributed by atoms with Crippen LogP contribution in [0.1, 0.15) is 24.1 Å². The lowest BCUT2D eigenvalue weighted by Gasteiger charge is -2.13. The van der Waals surface area contributed by atoms with Gasteiger partial charge in [0, 0.05) is 11.3 Å². The summed E-state index contributed by atoms with van der Waals surface area (Å²) >= 11 is 1.77. The number of ether oxygens (including phenoxy) is 1. The lowest BCUT2D eigenvalue weighted by molar-refractivity contribution is 0.0437. The van der Waals surface area contributed by atoms with E-state index in [0.717, 1.165) is 32.3 Å². The van der Waals surface area contributed by atoms with E-state index < -0.39 is 0 Å². The van der Waals surface area contributed by atoms with E-state index in [2.05, 4.69) is 23.6 Å². The average Bonchev–Trinajstić information content (AvgIpc) is 2.88. The van der Waals surface area contributed by atoms with Crippen LogP contribution in [0, 0.1) is 17.2 Å². The first kappa shape index (κ1) is 10.7. The van der Waals surface area contributed by atoms with Gasteiger partial charge in [-0.2, -0.15) is 5.26 Å². The van der Waals surface area contributed by atoms with Crippen molar-refractivity contribution in [1.82, 2.24) is 0 Å². The van der Waals surface area contributed by atoms with Gasteiger partial charge in [0.05, 0.1) is 24.7 Å².